The van der Waals surface area contributed by atoms with Gasteiger partial charge in [0.05, 0.1) is 11.4 Å². The van der Waals surface area contributed by atoms with Crippen molar-refractivity contribution >= 4 is 29.2 Å². The van der Waals surface area contributed by atoms with E-state index in [-0.39, 0.29) is 23.1 Å². The van der Waals surface area contributed by atoms with Gasteiger partial charge in [-0.1, -0.05) is 23.0 Å². The Kier molecular flexibility index (Phi) is 5.65. The molecule has 4 aromatic rings. The molecule has 0 unspecified atom stereocenters. The Morgan fingerprint density at radius 1 is 1.35 bits per heavy atom. The molecule has 4 aromatic heterocycles. The number of pyridine rings is 1. The zero-order chi connectivity index (χ0) is 21.8. The zero-order valence-electron chi connectivity index (χ0n) is 16.4. The first-order valence-corrected chi connectivity index (χ1v) is 9.78. The van der Waals surface area contributed by atoms with E-state index in [2.05, 4.69) is 51.0 Å². The SMILES string of the molecule is C/C(=N/NC(=O)c1nnn(-c2nonc2N)c1CSc1nncn1C)c1cccnc1. The largest absolute Gasteiger partial charge is 0.378 e. The van der Waals surface area contributed by atoms with Crippen LogP contribution in [0.15, 0.2) is 45.7 Å². The smallest absolute Gasteiger partial charge is 0.293 e. The fourth-order valence-electron chi connectivity index (χ4n) is 2.48. The quantitative estimate of drug-likeness (QED) is 0.227. The number of aryl methyl sites for hydroxylation is 1. The number of nitrogens with zero attached hydrogens (tertiary/aromatic N) is 10. The molecule has 0 atom stereocenters. The first-order valence-electron chi connectivity index (χ1n) is 8.79. The lowest BCUT2D eigenvalue weighted by Gasteiger charge is -2.06. The maximum Gasteiger partial charge on any atom is 0.293 e. The van der Waals surface area contributed by atoms with Crippen LogP contribution in [0.25, 0.3) is 5.82 Å². The van der Waals surface area contributed by atoms with Crippen molar-refractivity contribution in [3.63, 3.8) is 0 Å². The average Bonchev–Trinajstić information content (AvgIpc) is 3.50. The van der Waals surface area contributed by atoms with Gasteiger partial charge in [-0.05, 0) is 23.3 Å². The number of carbonyl (C=O) groups is 1. The maximum absolute atomic E-state index is 12.8. The number of thioether (sulfide) groups is 1. The summed E-state index contributed by atoms with van der Waals surface area (Å²) in [6.45, 7) is 1.75. The Balaban J connectivity index is 1.62. The van der Waals surface area contributed by atoms with Crippen molar-refractivity contribution in [1.29, 1.82) is 0 Å². The zero-order valence-corrected chi connectivity index (χ0v) is 17.2. The van der Waals surface area contributed by atoms with Crippen LogP contribution in [0, 0.1) is 0 Å². The van der Waals surface area contributed by atoms with Gasteiger partial charge in [-0.15, -0.1) is 15.3 Å². The maximum atomic E-state index is 12.8. The van der Waals surface area contributed by atoms with Gasteiger partial charge < -0.3 is 10.3 Å². The molecule has 0 aliphatic carbocycles. The standard InChI is InChI=1S/C16H16N12O2S/c1-9(10-4-3-5-18-6-10)20-22-15(29)12-11(7-31-16-23-19-8-27(16)2)28(26-21-12)14-13(17)24-30-25-14/h3-6,8H,7H2,1-2H3,(H2,17,24)(H,22,29)/b20-9-. The van der Waals surface area contributed by atoms with Crippen molar-refractivity contribution < 1.29 is 9.42 Å². The number of rotatable bonds is 7. The summed E-state index contributed by atoms with van der Waals surface area (Å²) in [6.07, 6.45) is 4.87. The lowest BCUT2D eigenvalue weighted by Crippen LogP contribution is -2.21. The van der Waals surface area contributed by atoms with Crippen LogP contribution < -0.4 is 11.2 Å². The first-order chi connectivity index (χ1) is 15.0. The number of hydrogen-bond donors (Lipinski definition) is 2. The van der Waals surface area contributed by atoms with Gasteiger partial charge in [-0.2, -0.15) is 9.78 Å². The van der Waals surface area contributed by atoms with Crippen molar-refractivity contribution in [3.05, 3.63) is 47.8 Å². The minimum atomic E-state index is -0.557. The van der Waals surface area contributed by atoms with Crippen LogP contribution in [0.5, 0.6) is 0 Å². The second kappa shape index (κ2) is 8.70. The van der Waals surface area contributed by atoms with Gasteiger partial charge in [0.1, 0.15) is 6.33 Å². The summed E-state index contributed by atoms with van der Waals surface area (Å²) in [5.74, 6) is -0.166. The fraction of sp³-hybridized carbons (Fsp3) is 0.188. The molecule has 0 aliphatic rings. The van der Waals surface area contributed by atoms with Gasteiger partial charge in [-0.3, -0.25) is 9.78 Å². The van der Waals surface area contributed by atoms with Crippen LogP contribution in [0.2, 0.25) is 0 Å². The molecule has 0 fully saturated rings. The predicted molar refractivity (Wildman–Crippen MR) is 108 cm³/mol. The lowest BCUT2D eigenvalue weighted by molar-refractivity contribution is 0.0949. The van der Waals surface area contributed by atoms with Crippen molar-refractivity contribution in [2.45, 2.75) is 17.8 Å². The Morgan fingerprint density at radius 3 is 2.90 bits per heavy atom. The number of hydrazone groups is 1. The van der Waals surface area contributed by atoms with Crippen molar-refractivity contribution in [1.82, 2.24) is 50.5 Å². The molecule has 1 amide bonds. The summed E-state index contributed by atoms with van der Waals surface area (Å²) in [5, 5.41) is 27.9. The molecule has 158 valence electrons. The highest BCUT2D eigenvalue weighted by molar-refractivity contribution is 7.98. The molecule has 3 N–H and O–H groups in total. The highest BCUT2D eigenvalue weighted by Gasteiger charge is 2.24. The molecular formula is C16H16N12O2S. The summed E-state index contributed by atoms with van der Waals surface area (Å²) in [6, 6.07) is 3.61. The Labute approximate surface area is 178 Å². The molecule has 15 heteroatoms. The third kappa shape index (κ3) is 4.25. The van der Waals surface area contributed by atoms with E-state index in [9.17, 15) is 4.79 Å². The van der Waals surface area contributed by atoms with E-state index in [1.807, 2.05) is 6.07 Å². The number of aromatic nitrogens is 9. The summed E-state index contributed by atoms with van der Waals surface area (Å²) in [7, 11) is 1.81. The van der Waals surface area contributed by atoms with Gasteiger partial charge in [-0.25, -0.2) is 10.1 Å². The Hall–Kier alpha value is -4.14. The summed E-state index contributed by atoms with van der Waals surface area (Å²) in [5.41, 5.74) is 10.1. The van der Waals surface area contributed by atoms with Crippen molar-refractivity contribution in [3.8, 4) is 5.82 Å². The second-order valence-corrected chi connectivity index (χ2v) is 7.11. The lowest BCUT2D eigenvalue weighted by atomic mass is 10.2. The minimum Gasteiger partial charge on any atom is -0.378 e. The van der Waals surface area contributed by atoms with Crippen molar-refractivity contribution in [2.24, 2.45) is 12.1 Å². The Bertz CT molecular complexity index is 1230. The normalized spacial score (nSPS) is 11.6. The van der Waals surface area contributed by atoms with Gasteiger partial charge in [0.2, 0.25) is 11.6 Å². The molecular weight excluding hydrogens is 424 g/mol. The van der Waals surface area contributed by atoms with E-state index in [1.54, 1.807) is 43.3 Å². The van der Waals surface area contributed by atoms with E-state index in [0.29, 0.717) is 16.6 Å². The van der Waals surface area contributed by atoms with Crippen LogP contribution >= 0.6 is 11.8 Å². The molecule has 0 aliphatic heterocycles. The third-order valence-corrected chi connectivity index (χ3v) is 5.13. The molecule has 31 heavy (non-hydrogen) atoms. The van der Waals surface area contributed by atoms with Crippen LogP contribution in [0.1, 0.15) is 28.7 Å². The Morgan fingerprint density at radius 2 is 2.23 bits per heavy atom. The minimum absolute atomic E-state index is 0.00668. The van der Waals surface area contributed by atoms with E-state index in [1.165, 1.54) is 16.4 Å². The number of hydrogen-bond acceptors (Lipinski definition) is 12. The molecule has 4 rings (SSSR count). The topological polar surface area (TPSA) is 181 Å². The third-order valence-electron chi connectivity index (χ3n) is 4.09. The molecule has 0 aromatic carbocycles. The number of anilines is 1. The summed E-state index contributed by atoms with van der Waals surface area (Å²) in [4.78, 5) is 16.8. The number of amides is 1. The number of nitrogen functional groups attached to an aromatic ring is 1. The average molecular weight is 440 g/mol. The van der Waals surface area contributed by atoms with Crippen molar-refractivity contribution in [2.75, 3.05) is 5.73 Å². The van der Waals surface area contributed by atoms with E-state index in [0.717, 1.165) is 5.56 Å². The monoisotopic (exact) mass is 440 g/mol. The molecule has 0 radical (unpaired) electrons. The van der Waals surface area contributed by atoms with E-state index < -0.39 is 5.91 Å². The van der Waals surface area contributed by atoms with Gasteiger partial charge in [0, 0.05) is 30.8 Å². The second-order valence-electron chi connectivity index (χ2n) is 6.16. The molecule has 4 heterocycles. The number of carbonyl (C=O) groups excluding carboxylic acids is 1. The first kappa shape index (κ1) is 20.1. The molecule has 0 spiro atoms. The predicted octanol–water partition coefficient (Wildman–Crippen LogP) is 0.202. The van der Waals surface area contributed by atoms with Crippen LogP contribution in [0.3, 0.4) is 0 Å². The highest BCUT2D eigenvalue weighted by Crippen LogP contribution is 2.24. The summed E-state index contributed by atoms with van der Waals surface area (Å²) >= 11 is 1.33. The van der Waals surface area contributed by atoms with Crippen LogP contribution in [-0.4, -0.2) is 56.7 Å². The van der Waals surface area contributed by atoms with Crippen LogP contribution in [0.4, 0.5) is 5.82 Å². The van der Waals surface area contributed by atoms with E-state index >= 15 is 0 Å². The van der Waals surface area contributed by atoms with E-state index in [4.69, 9.17) is 5.73 Å². The van der Waals surface area contributed by atoms with Crippen LogP contribution in [-0.2, 0) is 12.8 Å². The molecule has 14 nitrogen and oxygen atoms in total. The highest BCUT2D eigenvalue weighted by atomic mass is 32.2. The fourth-order valence-corrected chi connectivity index (χ4v) is 3.36. The molecule has 0 saturated carbocycles. The van der Waals surface area contributed by atoms with Gasteiger partial charge in [0.15, 0.2) is 10.9 Å². The van der Waals surface area contributed by atoms with Gasteiger partial charge in [0.25, 0.3) is 5.91 Å². The molecule has 0 saturated heterocycles. The number of nitrogens with one attached hydrogen (secondary N) is 1. The molecule has 0 bridgehead atoms. The van der Waals surface area contributed by atoms with Gasteiger partial charge >= 0.3 is 0 Å². The number of nitrogens with two attached hydrogens (primary N) is 1. The summed E-state index contributed by atoms with van der Waals surface area (Å²) < 4.78 is 7.68.